The summed E-state index contributed by atoms with van der Waals surface area (Å²) in [4.78, 5) is 0. The summed E-state index contributed by atoms with van der Waals surface area (Å²) >= 11 is 0. The van der Waals surface area contributed by atoms with Crippen molar-refractivity contribution < 1.29 is 0 Å². The Bertz CT molecular complexity index is 326. The van der Waals surface area contributed by atoms with Crippen molar-refractivity contribution in [2.75, 3.05) is 0 Å². The smallest absolute Gasteiger partial charge is 0.0488 e. The molecule has 0 spiro atoms. The van der Waals surface area contributed by atoms with Crippen molar-refractivity contribution >= 4 is 0 Å². The molecule has 1 atom stereocenters. The Labute approximate surface area is 118 Å². The van der Waals surface area contributed by atoms with E-state index in [2.05, 4.69) is 50.5 Å². The van der Waals surface area contributed by atoms with Gasteiger partial charge in [0.05, 0.1) is 0 Å². The molecule has 0 aliphatic rings. The van der Waals surface area contributed by atoms with Crippen molar-refractivity contribution in [2.24, 2.45) is 11.8 Å². The van der Waals surface area contributed by atoms with Crippen LogP contribution in [-0.4, -0.2) is 0 Å². The van der Waals surface area contributed by atoms with Crippen molar-refractivity contribution in [3.05, 3.63) is 35.4 Å². The van der Waals surface area contributed by atoms with Crippen molar-refractivity contribution in [3.8, 4) is 0 Å². The van der Waals surface area contributed by atoms with Gasteiger partial charge in [0.25, 0.3) is 0 Å². The van der Waals surface area contributed by atoms with E-state index in [1.807, 2.05) is 0 Å². The minimum atomic E-state index is 0.288. The van der Waals surface area contributed by atoms with Crippen LogP contribution in [0.2, 0.25) is 0 Å². The average Bonchev–Trinajstić information content (AvgIpc) is 2.42. The van der Waals surface area contributed by atoms with E-state index in [9.17, 15) is 0 Å². The molecule has 0 heterocycles. The maximum atomic E-state index is 5.81. The molecule has 0 saturated heterocycles. The summed E-state index contributed by atoms with van der Waals surface area (Å²) in [6.07, 6.45) is 7.27. The Morgan fingerprint density at radius 1 is 0.947 bits per heavy atom. The summed E-state index contributed by atoms with van der Waals surface area (Å²) < 4.78 is 0. The topological polar surface area (TPSA) is 38.0 Å². The number of nitrogens with two attached hydrogens (primary N) is 1. The highest BCUT2D eigenvalue weighted by Gasteiger charge is 2.20. The molecular formula is C17H30N2. The molecule has 2 heteroatoms. The summed E-state index contributed by atoms with van der Waals surface area (Å²) in [7, 11) is 0. The third-order valence-corrected chi connectivity index (χ3v) is 3.85. The Balaban J connectivity index is 2.81. The lowest BCUT2D eigenvalue weighted by atomic mass is 9.86. The van der Waals surface area contributed by atoms with Gasteiger partial charge in [0.1, 0.15) is 0 Å². The summed E-state index contributed by atoms with van der Waals surface area (Å²) in [5.74, 6) is 6.45. The summed E-state index contributed by atoms with van der Waals surface area (Å²) in [6, 6.07) is 9.27. The van der Waals surface area contributed by atoms with Gasteiger partial charge >= 0.3 is 0 Å². The van der Waals surface area contributed by atoms with Crippen LogP contribution in [-0.2, 0) is 6.42 Å². The molecular weight excluding hydrogens is 232 g/mol. The molecule has 0 aliphatic heterocycles. The Hall–Kier alpha value is -0.860. The second-order valence-electron chi connectivity index (χ2n) is 5.47. The van der Waals surface area contributed by atoms with Gasteiger partial charge in [-0.3, -0.25) is 11.3 Å². The lowest BCUT2D eigenvalue weighted by molar-refractivity contribution is 0.319. The number of nitrogens with one attached hydrogen (secondary N) is 1. The molecule has 1 aromatic rings. The molecule has 0 amide bonds. The number of benzene rings is 1. The molecule has 108 valence electrons. The molecule has 0 aromatic heterocycles. The van der Waals surface area contributed by atoms with E-state index >= 15 is 0 Å². The van der Waals surface area contributed by atoms with Crippen LogP contribution in [0.25, 0.3) is 0 Å². The fraction of sp³-hybridized carbons (Fsp3) is 0.647. The predicted octanol–water partition coefficient (Wildman–Crippen LogP) is 4.36. The van der Waals surface area contributed by atoms with Gasteiger partial charge in [-0.1, -0.05) is 64.3 Å². The normalized spacial score (nSPS) is 12.9. The summed E-state index contributed by atoms with van der Waals surface area (Å²) in [5.41, 5.74) is 5.79. The van der Waals surface area contributed by atoms with Gasteiger partial charge in [0.2, 0.25) is 0 Å². The molecule has 1 unspecified atom stereocenters. The van der Waals surface area contributed by atoms with E-state index in [0.29, 0.717) is 5.92 Å². The average molecular weight is 262 g/mol. The van der Waals surface area contributed by atoms with Gasteiger partial charge < -0.3 is 0 Å². The zero-order valence-electron chi connectivity index (χ0n) is 12.8. The second-order valence-corrected chi connectivity index (χ2v) is 5.47. The largest absolute Gasteiger partial charge is 0.271 e. The van der Waals surface area contributed by atoms with Crippen LogP contribution in [0, 0.1) is 5.92 Å². The molecule has 19 heavy (non-hydrogen) atoms. The van der Waals surface area contributed by atoms with Crippen LogP contribution >= 0.6 is 0 Å². The van der Waals surface area contributed by atoms with Crippen LogP contribution in [0.5, 0.6) is 0 Å². The summed E-state index contributed by atoms with van der Waals surface area (Å²) in [6.45, 7) is 6.72. The first-order valence-corrected chi connectivity index (χ1v) is 7.81. The molecule has 0 fully saturated rings. The van der Waals surface area contributed by atoms with E-state index in [0.717, 1.165) is 6.42 Å². The first-order chi connectivity index (χ1) is 9.26. The Kier molecular flexibility index (Phi) is 7.76. The van der Waals surface area contributed by atoms with Crippen LogP contribution in [0.4, 0.5) is 0 Å². The van der Waals surface area contributed by atoms with Crippen molar-refractivity contribution in [3.63, 3.8) is 0 Å². The molecule has 0 bridgehead atoms. The highest BCUT2D eigenvalue weighted by atomic mass is 15.2. The number of rotatable bonds is 9. The maximum Gasteiger partial charge on any atom is 0.0488 e. The zero-order chi connectivity index (χ0) is 14.1. The number of hydrogen-bond acceptors (Lipinski definition) is 2. The van der Waals surface area contributed by atoms with Crippen molar-refractivity contribution in [2.45, 2.75) is 65.3 Å². The van der Waals surface area contributed by atoms with E-state index in [1.165, 1.54) is 43.2 Å². The van der Waals surface area contributed by atoms with Crippen LogP contribution < -0.4 is 11.3 Å². The molecule has 0 saturated carbocycles. The number of hydrazine groups is 1. The fourth-order valence-electron chi connectivity index (χ4n) is 2.90. The fourth-order valence-corrected chi connectivity index (χ4v) is 2.90. The highest BCUT2D eigenvalue weighted by molar-refractivity contribution is 5.25. The van der Waals surface area contributed by atoms with E-state index in [-0.39, 0.29) is 6.04 Å². The Morgan fingerprint density at radius 3 is 1.95 bits per heavy atom. The summed E-state index contributed by atoms with van der Waals surface area (Å²) in [5, 5.41) is 0. The zero-order valence-corrected chi connectivity index (χ0v) is 12.8. The minimum absolute atomic E-state index is 0.288. The first-order valence-electron chi connectivity index (χ1n) is 7.81. The monoisotopic (exact) mass is 262 g/mol. The van der Waals surface area contributed by atoms with Gasteiger partial charge in [-0.2, -0.15) is 0 Å². The standard InChI is InChI=1S/C17H30N2/c1-4-7-14-10-12-16(13-11-14)17(19-18)15(8-5-2)9-6-3/h10-13,15,17,19H,4-9,18H2,1-3H3. The predicted molar refractivity (Wildman–Crippen MR) is 83.8 cm³/mol. The van der Waals surface area contributed by atoms with Gasteiger partial charge in [0, 0.05) is 6.04 Å². The van der Waals surface area contributed by atoms with Crippen LogP contribution in [0.1, 0.15) is 70.0 Å². The lowest BCUT2D eigenvalue weighted by Crippen LogP contribution is -2.33. The molecule has 3 N–H and O–H groups in total. The molecule has 2 nitrogen and oxygen atoms in total. The SMILES string of the molecule is CCCc1ccc(C(NN)C(CCC)CCC)cc1. The van der Waals surface area contributed by atoms with Crippen LogP contribution in [0.3, 0.4) is 0 Å². The van der Waals surface area contributed by atoms with Crippen LogP contribution in [0.15, 0.2) is 24.3 Å². The third kappa shape index (κ3) is 4.96. The molecule has 0 aliphatic carbocycles. The maximum absolute atomic E-state index is 5.81. The van der Waals surface area contributed by atoms with Gasteiger partial charge in [0.15, 0.2) is 0 Å². The van der Waals surface area contributed by atoms with E-state index in [1.54, 1.807) is 0 Å². The van der Waals surface area contributed by atoms with E-state index < -0.39 is 0 Å². The highest BCUT2D eigenvalue weighted by Crippen LogP contribution is 2.29. The quantitative estimate of drug-likeness (QED) is 0.512. The first kappa shape index (κ1) is 16.2. The second kappa shape index (κ2) is 9.11. The minimum Gasteiger partial charge on any atom is -0.271 e. The lowest BCUT2D eigenvalue weighted by Gasteiger charge is -2.26. The molecule has 1 aromatic carbocycles. The van der Waals surface area contributed by atoms with Gasteiger partial charge in [-0.25, -0.2) is 0 Å². The molecule has 0 radical (unpaired) electrons. The number of hydrogen-bond donors (Lipinski definition) is 2. The van der Waals surface area contributed by atoms with E-state index in [4.69, 9.17) is 5.84 Å². The van der Waals surface area contributed by atoms with Gasteiger partial charge in [-0.15, -0.1) is 0 Å². The number of aryl methyl sites for hydroxylation is 1. The Morgan fingerprint density at radius 2 is 1.53 bits per heavy atom. The van der Waals surface area contributed by atoms with Gasteiger partial charge in [-0.05, 0) is 36.3 Å². The molecule has 1 rings (SSSR count). The van der Waals surface area contributed by atoms with Crippen molar-refractivity contribution in [1.29, 1.82) is 0 Å². The van der Waals surface area contributed by atoms with Crippen molar-refractivity contribution in [1.82, 2.24) is 5.43 Å². The third-order valence-electron chi connectivity index (χ3n) is 3.85.